The fraction of sp³-hybridized carbons (Fsp3) is 0.800. The van der Waals surface area contributed by atoms with Crippen molar-refractivity contribution in [2.75, 3.05) is 0 Å². The monoisotopic (exact) mass is 154 g/mol. The molecule has 0 aromatic rings. The molecule has 0 nitrogen and oxygen atoms in total. The van der Waals surface area contributed by atoms with Crippen LogP contribution in [0, 0.1) is 0 Å². The van der Waals surface area contributed by atoms with Gasteiger partial charge in [0.2, 0.25) is 0 Å². The van der Waals surface area contributed by atoms with Crippen molar-refractivity contribution in [3.8, 4) is 0 Å². The van der Waals surface area contributed by atoms with Crippen LogP contribution in [-0.4, -0.2) is 35.4 Å². The second-order valence-electron chi connectivity index (χ2n) is 3.18. The summed E-state index contributed by atoms with van der Waals surface area (Å²) in [4.78, 5) is 0. The number of hydrogen-bond acceptors (Lipinski definition) is 0. The van der Waals surface area contributed by atoms with Crippen molar-refractivity contribution in [3.05, 3.63) is 11.3 Å². The summed E-state index contributed by atoms with van der Waals surface area (Å²) in [5, 5.41) is 1.37. The summed E-state index contributed by atoms with van der Waals surface area (Å²) in [5.41, 5.74) is 0. The van der Waals surface area contributed by atoms with E-state index in [1.807, 2.05) is 17.7 Å². The first-order valence-electron chi connectivity index (χ1n) is 5.40. The van der Waals surface area contributed by atoms with Crippen LogP contribution in [0.3, 0.4) is 0 Å². The summed E-state index contributed by atoms with van der Waals surface area (Å²) < 4.78 is 1.75. The van der Waals surface area contributed by atoms with E-state index in [4.69, 9.17) is 0 Å². The van der Waals surface area contributed by atoms with E-state index in [0.29, 0.717) is 0 Å². The van der Waals surface area contributed by atoms with Crippen molar-refractivity contribution < 1.29 is 0 Å². The van der Waals surface area contributed by atoms with Crippen LogP contribution in [0.15, 0.2) is 11.3 Å². The molecular formula is C10H20Li2. The fourth-order valence-electron chi connectivity index (χ4n) is 1.03. The molecule has 0 bridgehead atoms. The van der Waals surface area contributed by atoms with E-state index < -0.39 is 0 Å². The zero-order valence-corrected chi connectivity index (χ0v) is 9.23. The predicted octanol–water partition coefficient (Wildman–Crippen LogP) is 3.23. The molecule has 0 aromatic carbocycles. The Morgan fingerprint density at radius 2 is 1.50 bits per heavy atom. The SMILES string of the molecule is [Li][CH2]CCCCCCC.[Li][CH]=C. The molecular weight excluding hydrogens is 134 g/mol. The third-order valence-electron chi connectivity index (χ3n) is 1.71. The van der Waals surface area contributed by atoms with E-state index in [0.717, 1.165) is 0 Å². The van der Waals surface area contributed by atoms with Crippen LogP contribution in [0.4, 0.5) is 0 Å². The zero-order chi connectivity index (χ0) is 9.66. The number of unbranched alkanes of at least 4 members (excludes halogenated alkanes) is 5. The van der Waals surface area contributed by atoms with Gasteiger partial charge < -0.3 is 0 Å². The maximum atomic E-state index is 3.36. The average Bonchev–Trinajstić information content (AvgIpc) is 2.06. The Labute approximate surface area is 97.0 Å². The quantitative estimate of drug-likeness (QED) is 0.407. The van der Waals surface area contributed by atoms with E-state index in [-0.39, 0.29) is 0 Å². The molecule has 0 rings (SSSR count). The molecule has 0 spiro atoms. The van der Waals surface area contributed by atoms with Crippen molar-refractivity contribution in [1.29, 1.82) is 0 Å². The van der Waals surface area contributed by atoms with E-state index in [1.165, 1.54) is 43.6 Å². The standard InChI is InChI=1S/C8H17.C2H3.2Li/c1-3-5-7-8-6-4-2;1-2;;/h1,3-8H2,2H3;1H,2H2;;. The zero-order valence-electron chi connectivity index (χ0n) is 9.23. The summed E-state index contributed by atoms with van der Waals surface area (Å²) in [6.07, 6.45) is 8.61. The fourth-order valence-corrected chi connectivity index (χ4v) is 1.03. The molecule has 0 heterocycles. The first-order chi connectivity index (χ1) is 5.83. The van der Waals surface area contributed by atoms with Gasteiger partial charge in [-0.2, -0.15) is 0 Å². The first-order valence-corrected chi connectivity index (χ1v) is 5.40. The molecule has 12 heavy (non-hydrogen) atoms. The van der Waals surface area contributed by atoms with Crippen LogP contribution in [0.5, 0.6) is 0 Å². The third-order valence-corrected chi connectivity index (χ3v) is 1.71. The van der Waals surface area contributed by atoms with Gasteiger partial charge in [-0.25, -0.2) is 0 Å². The van der Waals surface area contributed by atoms with Gasteiger partial charge in [0.05, 0.1) is 0 Å². The molecule has 2 heteroatoms. The summed E-state index contributed by atoms with van der Waals surface area (Å²) in [5.74, 6) is 0. The van der Waals surface area contributed by atoms with Crippen LogP contribution in [0.25, 0.3) is 0 Å². The molecule has 0 amide bonds. The molecule has 0 aliphatic heterocycles. The Balaban J connectivity index is 0. The topological polar surface area (TPSA) is 0 Å². The van der Waals surface area contributed by atoms with Gasteiger partial charge in [0.1, 0.15) is 0 Å². The van der Waals surface area contributed by atoms with Gasteiger partial charge in [0, 0.05) is 0 Å². The molecule has 0 fully saturated rings. The summed E-state index contributed by atoms with van der Waals surface area (Å²) in [7, 11) is 0. The van der Waals surface area contributed by atoms with Gasteiger partial charge in [-0.1, -0.05) is 0 Å². The maximum absolute atomic E-state index is 3.36. The van der Waals surface area contributed by atoms with Crippen LogP contribution in [0.1, 0.15) is 45.4 Å². The molecule has 0 aromatic heterocycles. The Hall–Kier alpha value is 0.935. The Morgan fingerprint density at radius 3 is 1.92 bits per heavy atom. The Kier molecular flexibility index (Phi) is 23.0. The number of hydrogen-bond donors (Lipinski definition) is 0. The molecule has 62 valence electrons. The minimum absolute atomic E-state index is 1.37. The van der Waals surface area contributed by atoms with Crippen molar-refractivity contribution >= 4 is 35.4 Å². The Morgan fingerprint density at radius 1 is 1.08 bits per heavy atom. The molecule has 0 radical (unpaired) electrons. The van der Waals surface area contributed by atoms with Crippen molar-refractivity contribution in [1.82, 2.24) is 0 Å². The van der Waals surface area contributed by atoms with Crippen LogP contribution in [0.2, 0.25) is 5.09 Å². The van der Waals surface area contributed by atoms with Gasteiger partial charge in [0.15, 0.2) is 0 Å². The van der Waals surface area contributed by atoms with Gasteiger partial charge >= 0.3 is 97.3 Å². The normalized spacial score (nSPS) is 8.75. The van der Waals surface area contributed by atoms with Crippen molar-refractivity contribution in [2.24, 2.45) is 0 Å². The summed E-state index contributed by atoms with van der Waals surface area (Å²) in [6.45, 7) is 5.62. The first kappa shape index (κ1) is 15.4. The second-order valence-corrected chi connectivity index (χ2v) is 3.18. The molecule has 0 aliphatic carbocycles. The van der Waals surface area contributed by atoms with Crippen LogP contribution >= 0.6 is 0 Å². The molecule has 0 saturated heterocycles. The van der Waals surface area contributed by atoms with E-state index >= 15 is 0 Å². The van der Waals surface area contributed by atoms with E-state index in [1.54, 1.807) is 4.75 Å². The minimum atomic E-state index is 1.37. The third kappa shape index (κ3) is 22.4. The number of rotatable bonds is 6. The second kappa shape index (κ2) is 17.9. The van der Waals surface area contributed by atoms with Gasteiger partial charge in [0.25, 0.3) is 0 Å². The summed E-state index contributed by atoms with van der Waals surface area (Å²) >= 11 is 4.15. The van der Waals surface area contributed by atoms with Gasteiger partial charge in [-0.3, -0.25) is 0 Å². The average molecular weight is 154 g/mol. The molecule has 0 atom stereocenters. The van der Waals surface area contributed by atoms with Crippen LogP contribution < -0.4 is 0 Å². The van der Waals surface area contributed by atoms with E-state index in [9.17, 15) is 0 Å². The van der Waals surface area contributed by atoms with Crippen molar-refractivity contribution in [3.63, 3.8) is 0 Å². The van der Waals surface area contributed by atoms with Crippen LogP contribution in [-0.2, 0) is 0 Å². The van der Waals surface area contributed by atoms with Gasteiger partial charge in [-0.05, 0) is 0 Å². The molecule has 0 aliphatic rings. The van der Waals surface area contributed by atoms with Gasteiger partial charge in [-0.15, -0.1) is 0 Å². The van der Waals surface area contributed by atoms with Crippen molar-refractivity contribution in [2.45, 2.75) is 50.5 Å². The summed E-state index contributed by atoms with van der Waals surface area (Å²) in [6, 6.07) is 0. The molecule has 0 N–H and O–H groups in total. The van der Waals surface area contributed by atoms with E-state index in [2.05, 4.69) is 31.2 Å². The molecule has 0 saturated carbocycles. The Bertz CT molecular complexity index is 66.2. The molecule has 0 unspecified atom stereocenters. The predicted molar refractivity (Wildman–Crippen MR) is 59.9 cm³/mol.